The van der Waals surface area contributed by atoms with Gasteiger partial charge < -0.3 is 10.6 Å². The highest BCUT2D eigenvalue weighted by Gasteiger charge is 2.16. The summed E-state index contributed by atoms with van der Waals surface area (Å²) >= 11 is 3.43. The van der Waals surface area contributed by atoms with Crippen molar-refractivity contribution in [3.8, 4) is 5.69 Å². The number of halogens is 1. The molecule has 0 saturated carbocycles. The Balaban J connectivity index is 1.88. The second kappa shape index (κ2) is 5.83. The number of nitrogens with two attached hydrogens (primary N) is 1. The maximum absolute atomic E-state index is 6.01. The minimum absolute atomic E-state index is 0.437. The van der Waals surface area contributed by atoms with E-state index in [-0.39, 0.29) is 0 Å². The molecular formula is C14H18BrN5. The lowest BCUT2D eigenvalue weighted by molar-refractivity contribution is 0.726. The molecule has 1 aromatic carbocycles. The molecule has 1 fully saturated rings. The minimum atomic E-state index is 0.437. The Kier molecular flexibility index (Phi) is 3.91. The number of rotatable bonds is 2. The van der Waals surface area contributed by atoms with Gasteiger partial charge in [-0.05, 0) is 37.1 Å². The van der Waals surface area contributed by atoms with Crippen LogP contribution in [0.1, 0.15) is 25.7 Å². The summed E-state index contributed by atoms with van der Waals surface area (Å²) in [5.41, 5.74) is 6.94. The van der Waals surface area contributed by atoms with Crippen LogP contribution in [0.2, 0.25) is 0 Å². The van der Waals surface area contributed by atoms with Gasteiger partial charge in [-0.15, -0.1) is 5.10 Å². The van der Waals surface area contributed by atoms with E-state index in [4.69, 9.17) is 5.73 Å². The molecule has 1 aromatic heterocycles. The smallest absolute Gasteiger partial charge is 0.246 e. The third-order valence-corrected chi connectivity index (χ3v) is 4.11. The Hall–Kier alpha value is -1.56. The molecule has 0 bridgehead atoms. The van der Waals surface area contributed by atoms with Crippen LogP contribution in [0.15, 0.2) is 28.7 Å². The third kappa shape index (κ3) is 2.80. The number of nitrogens with zero attached hydrogens (tertiary/aromatic N) is 4. The summed E-state index contributed by atoms with van der Waals surface area (Å²) in [6, 6.07) is 7.90. The van der Waals surface area contributed by atoms with E-state index < -0.39 is 0 Å². The molecule has 1 saturated heterocycles. The zero-order valence-electron chi connectivity index (χ0n) is 11.3. The van der Waals surface area contributed by atoms with Gasteiger partial charge in [0.05, 0.1) is 5.69 Å². The van der Waals surface area contributed by atoms with Gasteiger partial charge in [0.25, 0.3) is 0 Å². The predicted molar refractivity (Wildman–Crippen MR) is 84.2 cm³/mol. The minimum Gasteiger partial charge on any atom is -0.368 e. The van der Waals surface area contributed by atoms with Crippen molar-refractivity contribution in [2.75, 3.05) is 23.7 Å². The van der Waals surface area contributed by atoms with Crippen molar-refractivity contribution in [1.82, 2.24) is 14.8 Å². The van der Waals surface area contributed by atoms with Crippen molar-refractivity contribution >= 4 is 27.8 Å². The predicted octanol–water partition coefficient (Wildman–Crippen LogP) is 2.99. The maximum atomic E-state index is 6.01. The number of hydrogen-bond acceptors (Lipinski definition) is 4. The molecule has 5 nitrogen and oxygen atoms in total. The summed E-state index contributed by atoms with van der Waals surface area (Å²) in [7, 11) is 0. The zero-order chi connectivity index (χ0) is 13.9. The number of nitrogen functional groups attached to an aromatic ring is 1. The number of hydrogen-bond donors (Lipinski definition) is 1. The van der Waals surface area contributed by atoms with E-state index in [0.29, 0.717) is 5.95 Å². The summed E-state index contributed by atoms with van der Waals surface area (Å²) in [4.78, 5) is 6.65. The van der Waals surface area contributed by atoms with Crippen LogP contribution >= 0.6 is 15.9 Å². The second-order valence-electron chi connectivity index (χ2n) is 5.06. The monoisotopic (exact) mass is 335 g/mol. The lowest BCUT2D eigenvalue weighted by atomic mass is 10.2. The van der Waals surface area contributed by atoms with Crippen LogP contribution in [-0.2, 0) is 0 Å². The number of anilines is 2. The van der Waals surface area contributed by atoms with E-state index >= 15 is 0 Å². The van der Waals surface area contributed by atoms with Crippen LogP contribution in [0.4, 0.5) is 11.9 Å². The molecule has 20 heavy (non-hydrogen) atoms. The van der Waals surface area contributed by atoms with Gasteiger partial charge in [0.1, 0.15) is 0 Å². The average molecular weight is 336 g/mol. The first-order valence-electron chi connectivity index (χ1n) is 6.97. The standard InChI is InChI=1S/C14H18BrN5/c15-11-5-7-12(8-6-11)20-13(16)17-14(18-20)19-9-3-1-2-4-10-19/h5-8H,1-4,9-10H2,(H2,16,17,18). The first kappa shape index (κ1) is 13.4. The Morgan fingerprint density at radius 2 is 1.65 bits per heavy atom. The van der Waals surface area contributed by atoms with E-state index in [0.717, 1.165) is 29.2 Å². The van der Waals surface area contributed by atoms with Crippen molar-refractivity contribution in [2.45, 2.75) is 25.7 Å². The Bertz CT molecular complexity index is 570. The van der Waals surface area contributed by atoms with Gasteiger partial charge in [0.2, 0.25) is 11.9 Å². The first-order chi connectivity index (χ1) is 9.74. The molecule has 0 radical (unpaired) electrons. The van der Waals surface area contributed by atoms with Crippen LogP contribution in [0.3, 0.4) is 0 Å². The second-order valence-corrected chi connectivity index (χ2v) is 5.98. The highest BCUT2D eigenvalue weighted by Crippen LogP contribution is 2.20. The average Bonchev–Trinajstić information content (AvgIpc) is 2.66. The quantitative estimate of drug-likeness (QED) is 0.916. The molecule has 3 rings (SSSR count). The number of benzene rings is 1. The Morgan fingerprint density at radius 3 is 2.30 bits per heavy atom. The van der Waals surface area contributed by atoms with Crippen molar-refractivity contribution in [2.24, 2.45) is 0 Å². The first-order valence-corrected chi connectivity index (χ1v) is 7.77. The molecule has 0 unspecified atom stereocenters. The highest BCUT2D eigenvalue weighted by atomic mass is 79.9. The molecular weight excluding hydrogens is 318 g/mol. The molecule has 0 spiro atoms. The van der Waals surface area contributed by atoms with Crippen LogP contribution in [-0.4, -0.2) is 27.9 Å². The lowest BCUT2D eigenvalue weighted by Crippen LogP contribution is -2.25. The van der Waals surface area contributed by atoms with Crippen molar-refractivity contribution < 1.29 is 0 Å². The normalized spacial score (nSPS) is 16.1. The molecule has 106 valence electrons. The fraction of sp³-hybridized carbons (Fsp3) is 0.429. The van der Waals surface area contributed by atoms with Gasteiger partial charge in [0.15, 0.2) is 0 Å². The molecule has 0 amide bonds. The third-order valence-electron chi connectivity index (χ3n) is 3.58. The van der Waals surface area contributed by atoms with Crippen LogP contribution in [0.5, 0.6) is 0 Å². The van der Waals surface area contributed by atoms with E-state index in [1.165, 1.54) is 25.7 Å². The summed E-state index contributed by atoms with van der Waals surface area (Å²) < 4.78 is 2.74. The Labute approximate surface area is 126 Å². The van der Waals surface area contributed by atoms with Gasteiger partial charge >= 0.3 is 0 Å². The summed E-state index contributed by atoms with van der Waals surface area (Å²) in [6.45, 7) is 2.04. The van der Waals surface area contributed by atoms with E-state index in [1.807, 2.05) is 24.3 Å². The molecule has 1 aliphatic heterocycles. The Morgan fingerprint density at radius 1 is 1.00 bits per heavy atom. The fourth-order valence-electron chi connectivity index (χ4n) is 2.49. The summed E-state index contributed by atoms with van der Waals surface area (Å²) in [5, 5.41) is 4.57. The molecule has 0 aliphatic carbocycles. The van der Waals surface area contributed by atoms with Gasteiger partial charge in [-0.3, -0.25) is 0 Å². The molecule has 1 aliphatic rings. The maximum Gasteiger partial charge on any atom is 0.246 e. The summed E-state index contributed by atoms with van der Waals surface area (Å²) in [5.74, 6) is 1.18. The topological polar surface area (TPSA) is 60.0 Å². The summed E-state index contributed by atoms with van der Waals surface area (Å²) in [6.07, 6.45) is 4.98. The van der Waals surface area contributed by atoms with E-state index in [2.05, 4.69) is 30.9 Å². The van der Waals surface area contributed by atoms with Gasteiger partial charge in [0, 0.05) is 17.6 Å². The van der Waals surface area contributed by atoms with Gasteiger partial charge in [-0.1, -0.05) is 28.8 Å². The van der Waals surface area contributed by atoms with Gasteiger partial charge in [-0.25, -0.2) is 0 Å². The van der Waals surface area contributed by atoms with Gasteiger partial charge in [-0.2, -0.15) is 9.67 Å². The molecule has 6 heteroatoms. The largest absolute Gasteiger partial charge is 0.368 e. The van der Waals surface area contributed by atoms with Crippen molar-refractivity contribution in [1.29, 1.82) is 0 Å². The zero-order valence-corrected chi connectivity index (χ0v) is 12.9. The fourth-order valence-corrected chi connectivity index (χ4v) is 2.75. The van der Waals surface area contributed by atoms with Crippen molar-refractivity contribution in [3.05, 3.63) is 28.7 Å². The van der Waals surface area contributed by atoms with Crippen LogP contribution in [0, 0.1) is 0 Å². The SMILES string of the molecule is Nc1nc(N2CCCCCC2)nn1-c1ccc(Br)cc1. The molecule has 2 aromatic rings. The molecule has 2 heterocycles. The highest BCUT2D eigenvalue weighted by molar-refractivity contribution is 9.10. The van der Waals surface area contributed by atoms with Crippen LogP contribution < -0.4 is 10.6 Å². The van der Waals surface area contributed by atoms with E-state index in [1.54, 1.807) is 4.68 Å². The van der Waals surface area contributed by atoms with Crippen molar-refractivity contribution in [3.63, 3.8) is 0 Å². The van der Waals surface area contributed by atoms with E-state index in [9.17, 15) is 0 Å². The van der Waals surface area contributed by atoms with Crippen LogP contribution in [0.25, 0.3) is 5.69 Å². The number of aromatic nitrogens is 3. The molecule has 2 N–H and O–H groups in total. The lowest BCUT2D eigenvalue weighted by Gasteiger charge is -2.17. The molecule has 0 atom stereocenters.